The van der Waals surface area contributed by atoms with Crippen molar-refractivity contribution in [1.29, 1.82) is 0 Å². The lowest BCUT2D eigenvalue weighted by Crippen LogP contribution is -2.23. The van der Waals surface area contributed by atoms with Crippen LogP contribution >= 0.6 is 15.9 Å². The number of nitrogens with one attached hydrogen (secondary N) is 1. The Kier molecular flexibility index (Phi) is 4.87. The number of nitrogens with zero attached hydrogens (tertiary/aromatic N) is 2. The van der Waals surface area contributed by atoms with Gasteiger partial charge in [0.05, 0.1) is 6.26 Å². The maximum atomic E-state index is 11.9. The van der Waals surface area contributed by atoms with Gasteiger partial charge >= 0.3 is 0 Å². The third-order valence-electron chi connectivity index (χ3n) is 3.15. The molecule has 0 fully saturated rings. The van der Waals surface area contributed by atoms with E-state index in [4.69, 9.17) is 8.94 Å². The Hall–Kier alpha value is -2.41. The van der Waals surface area contributed by atoms with Gasteiger partial charge in [0, 0.05) is 23.9 Å². The largest absolute Gasteiger partial charge is 0.461 e. The van der Waals surface area contributed by atoms with Crippen molar-refractivity contribution in [2.75, 3.05) is 0 Å². The molecule has 3 rings (SSSR count). The van der Waals surface area contributed by atoms with Crippen molar-refractivity contribution in [3.8, 4) is 11.6 Å². The molecule has 2 heterocycles. The summed E-state index contributed by atoms with van der Waals surface area (Å²) in [4.78, 5) is 16.1. The lowest BCUT2D eigenvalue weighted by Gasteiger charge is -2.04. The number of aromatic nitrogens is 2. The highest BCUT2D eigenvalue weighted by atomic mass is 79.9. The molecule has 118 valence electrons. The van der Waals surface area contributed by atoms with Crippen molar-refractivity contribution >= 4 is 21.8 Å². The van der Waals surface area contributed by atoms with Crippen molar-refractivity contribution < 1.29 is 13.7 Å². The zero-order valence-electron chi connectivity index (χ0n) is 12.2. The first-order valence-electron chi connectivity index (χ1n) is 7.08. The van der Waals surface area contributed by atoms with Crippen molar-refractivity contribution in [1.82, 2.24) is 15.5 Å². The summed E-state index contributed by atoms with van der Waals surface area (Å²) < 4.78 is 11.3. The second-order valence-electron chi connectivity index (χ2n) is 4.90. The Morgan fingerprint density at radius 2 is 2.17 bits per heavy atom. The number of benzene rings is 1. The van der Waals surface area contributed by atoms with E-state index in [9.17, 15) is 4.79 Å². The van der Waals surface area contributed by atoms with E-state index in [0.717, 1.165) is 10.0 Å². The van der Waals surface area contributed by atoms with Gasteiger partial charge in [0.15, 0.2) is 5.76 Å². The van der Waals surface area contributed by atoms with Crippen molar-refractivity contribution in [3.63, 3.8) is 0 Å². The van der Waals surface area contributed by atoms with E-state index in [1.54, 1.807) is 18.4 Å². The minimum absolute atomic E-state index is 0.0669. The summed E-state index contributed by atoms with van der Waals surface area (Å²) in [6, 6.07) is 11.3. The van der Waals surface area contributed by atoms with Gasteiger partial charge in [-0.15, -0.1) is 0 Å². The van der Waals surface area contributed by atoms with Crippen molar-refractivity contribution in [2.45, 2.75) is 19.4 Å². The summed E-state index contributed by atoms with van der Waals surface area (Å²) in [5.41, 5.74) is 1.03. The van der Waals surface area contributed by atoms with E-state index in [-0.39, 0.29) is 12.3 Å². The monoisotopic (exact) mass is 375 g/mol. The molecule has 1 aromatic carbocycles. The fourth-order valence-corrected chi connectivity index (χ4v) is 2.47. The number of furan rings is 1. The molecule has 0 atom stereocenters. The van der Waals surface area contributed by atoms with Crippen LogP contribution in [0.15, 0.2) is 56.1 Å². The Labute approximate surface area is 141 Å². The van der Waals surface area contributed by atoms with E-state index in [0.29, 0.717) is 30.4 Å². The normalized spacial score (nSPS) is 10.7. The van der Waals surface area contributed by atoms with Crippen LogP contribution in [0.5, 0.6) is 0 Å². The summed E-state index contributed by atoms with van der Waals surface area (Å²) in [7, 11) is 0. The molecule has 23 heavy (non-hydrogen) atoms. The fourth-order valence-electron chi connectivity index (χ4n) is 2.02. The molecule has 0 spiro atoms. The number of carbonyl (C=O) groups excluding carboxylic acids is 1. The number of halogens is 1. The molecule has 0 bridgehead atoms. The minimum atomic E-state index is -0.0669. The first kappa shape index (κ1) is 15.5. The maximum Gasteiger partial charge on any atom is 0.238 e. The van der Waals surface area contributed by atoms with Gasteiger partial charge in [0.1, 0.15) is 0 Å². The zero-order valence-corrected chi connectivity index (χ0v) is 13.7. The Morgan fingerprint density at radius 3 is 2.96 bits per heavy atom. The summed E-state index contributed by atoms with van der Waals surface area (Å²) in [5.74, 6) is 1.27. The third kappa shape index (κ3) is 4.29. The second kappa shape index (κ2) is 7.23. The summed E-state index contributed by atoms with van der Waals surface area (Å²) in [5, 5.41) is 6.69. The topological polar surface area (TPSA) is 81.2 Å². The van der Waals surface area contributed by atoms with Gasteiger partial charge in [-0.05, 0) is 29.8 Å². The molecule has 3 aromatic rings. The van der Waals surface area contributed by atoms with E-state index in [1.807, 2.05) is 24.3 Å². The van der Waals surface area contributed by atoms with Crippen LogP contribution in [-0.2, 0) is 17.8 Å². The van der Waals surface area contributed by atoms with Crippen LogP contribution in [0.2, 0.25) is 0 Å². The predicted octanol–water partition coefficient (Wildman–Crippen LogP) is 3.34. The third-order valence-corrected chi connectivity index (χ3v) is 3.65. The van der Waals surface area contributed by atoms with E-state index < -0.39 is 0 Å². The van der Waals surface area contributed by atoms with Crippen LogP contribution in [0.25, 0.3) is 11.6 Å². The van der Waals surface area contributed by atoms with Crippen LogP contribution in [0.4, 0.5) is 0 Å². The molecule has 6 nitrogen and oxygen atoms in total. The quantitative estimate of drug-likeness (QED) is 0.714. The molecule has 0 saturated heterocycles. The highest BCUT2D eigenvalue weighted by Crippen LogP contribution is 2.16. The summed E-state index contributed by atoms with van der Waals surface area (Å²) >= 11 is 3.40. The van der Waals surface area contributed by atoms with Crippen LogP contribution in [0.1, 0.15) is 17.9 Å². The molecule has 0 aliphatic rings. The Bertz CT molecular complexity index is 783. The number of hydrogen-bond donors (Lipinski definition) is 1. The van der Waals surface area contributed by atoms with Gasteiger partial charge in [-0.1, -0.05) is 33.2 Å². The van der Waals surface area contributed by atoms with Gasteiger partial charge in [0.2, 0.25) is 17.6 Å². The summed E-state index contributed by atoms with van der Waals surface area (Å²) in [6.07, 6.45) is 2.21. The molecule has 0 radical (unpaired) electrons. The van der Waals surface area contributed by atoms with E-state index in [1.165, 1.54) is 0 Å². The van der Waals surface area contributed by atoms with Crippen molar-refractivity contribution in [2.24, 2.45) is 0 Å². The van der Waals surface area contributed by atoms with Crippen LogP contribution in [0.3, 0.4) is 0 Å². The van der Waals surface area contributed by atoms with Gasteiger partial charge < -0.3 is 14.3 Å². The number of rotatable bonds is 6. The number of carbonyl (C=O) groups is 1. The lowest BCUT2D eigenvalue weighted by molar-refractivity contribution is -0.121. The molecule has 2 aromatic heterocycles. The maximum absolute atomic E-state index is 11.9. The second-order valence-corrected chi connectivity index (χ2v) is 5.81. The smallest absolute Gasteiger partial charge is 0.238 e. The predicted molar refractivity (Wildman–Crippen MR) is 86.3 cm³/mol. The van der Waals surface area contributed by atoms with Crippen molar-refractivity contribution in [3.05, 3.63) is 58.6 Å². The van der Waals surface area contributed by atoms with Crippen LogP contribution < -0.4 is 5.32 Å². The highest BCUT2D eigenvalue weighted by Gasteiger charge is 2.12. The molecule has 1 amide bonds. The molecule has 0 aliphatic carbocycles. The molecule has 0 aliphatic heterocycles. The minimum Gasteiger partial charge on any atom is -0.461 e. The highest BCUT2D eigenvalue weighted by molar-refractivity contribution is 9.10. The molecule has 0 saturated carbocycles. The van der Waals surface area contributed by atoms with E-state index in [2.05, 4.69) is 31.4 Å². The average Bonchev–Trinajstić information content (AvgIpc) is 3.22. The summed E-state index contributed by atoms with van der Waals surface area (Å²) in [6.45, 7) is 0.486. The standard InChI is InChI=1S/C16H14BrN3O3/c17-12-4-1-3-11(9-12)10-18-14(21)6-7-15-19-16(20-23-15)13-5-2-8-22-13/h1-5,8-9H,6-7,10H2,(H,18,21). The Morgan fingerprint density at radius 1 is 1.26 bits per heavy atom. The fraction of sp³-hybridized carbons (Fsp3) is 0.188. The lowest BCUT2D eigenvalue weighted by atomic mass is 10.2. The first-order valence-corrected chi connectivity index (χ1v) is 7.87. The molecule has 0 unspecified atom stereocenters. The Balaban J connectivity index is 1.47. The number of hydrogen-bond acceptors (Lipinski definition) is 5. The van der Waals surface area contributed by atoms with Crippen LogP contribution in [0, 0.1) is 0 Å². The molecular formula is C16H14BrN3O3. The molecule has 7 heteroatoms. The zero-order chi connectivity index (χ0) is 16.1. The van der Waals surface area contributed by atoms with Gasteiger partial charge in [-0.25, -0.2) is 0 Å². The SMILES string of the molecule is O=C(CCc1nc(-c2ccco2)no1)NCc1cccc(Br)c1. The molecular weight excluding hydrogens is 362 g/mol. The first-order chi connectivity index (χ1) is 11.2. The number of aryl methyl sites for hydroxylation is 1. The average molecular weight is 376 g/mol. The van der Waals surface area contributed by atoms with Gasteiger partial charge in [-0.3, -0.25) is 4.79 Å². The molecule has 1 N–H and O–H groups in total. The van der Waals surface area contributed by atoms with Crippen LogP contribution in [-0.4, -0.2) is 16.0 Å². The van der Waals surface area contributed by atoms with E-state index >= 15 is 0 Å². The van der Waals surface area contributed by atoms with Gasteiger partial charge in [0.25, 0.3) is 0 Å². The van der Waals surface area contributed by atoms with Gasteiger partial charge in [-0.2, -0.15) is 4.98 Å². The number of amides is 1.